The molecule has 0 aromatic carbocycles. The highest BCUT2D eigenvalue weighted by Crippen LogP contribution is 2.30. The summed E-state index contributed by atoms with van der Waals surface area (Å²) in [5.74, 6) is -0.0530. The van der Waals surface area contributed by atoms with Gasteiger partial charge >= 0.3 is 0 Å². The molecule has 1 fully saturated rings. The smallest absolute Gasteiger partial charge is 0.272 e. The minimum atomic E-state index is -0.511. The molecule has 5 heteroatoms. The SMILES string of the molecule is CC(C)n1nccc1C(=O)N1CCC(O)C1(C)C. The molecule has 1 amide bonds. The minimum absolute atomic E-state index is 0.0530. The van der Waals surface area contributed by atoms with Crippen LogP contribution in [-0.2, 0) is 0 Å². The second-order valence-electron chi connectivity index (χ2n) is 5.67. The van der Waals surface area contributed by atoms with Crippen LogP contribution in [0.2, 0.25) is 0 Å². The molecule has 0 radical (unpaired) electrons. The van der Waals surface area contributed by atoms with E-state index in [0.717, 1.165) is 0 Å². The topological polar surface area (TPSA) is 58.4 Å². The summed E-state index contributed by atoms with van der Waals surface area (Å²) in [5.41, 5.74) is 0.0792. The van der Waals surface area contributed by atoms with Gasteiger partial charge in [0.05, 0.1) is 11.6 Å². The van der Waals surface area contributed by atoms with Crippen molar-refractivity contribution in [3.63, 3.8) is 0 Å². The van der Waals surface area contributed by atoms with E-state index in [4.69, 9.17) is 0 Å². The Morgan fingerprint density at radius 3 is 2.72 bits per heavy atom. The maximum absolute atomic E-state index is 12.5. The Morgan fingerprint density at radius 1 is 1.56 bits per heavy atom. The Balaban J connectivity index is 2.30. The summed E-state index contributed by atoms with van der Waals surface area (Å²) in [7, 11) is 0. The van der Waals surface area contributed by atoms with Gasteiger partial charge in [-0.3, -0.25) is 9.48 Å². The van der Waals surface area contributed by atoms with Crippen LogP contribution in [0.15, 0.2) is 12.3 Å². The van der Waals surface area contributed by atoms with Gasteiger partial charge in [0.15, 0.2) is 0 Å². The van der Waals surface area contributed by atoms with Gasteiger partial charge in [0.2, 0.25) is 0 Å². The largest absolute Gasteiger partial charge is 0.391 e. The lowest BCUT2D eigenvalue weighted by Crippen LogP contribution is -2.48. The van der Waals surface area contributed by atoms with E-state index in [1.807, 2.05) is 27.7 Å². The molecule has 1 atom stereocenters. The fourth-order valence-electron chi connectivity index (χ4n) is 2.47. The average Bonchev–Trinajstić information content (AvgIpc) is 2.85. The van der Waals surface area contributed by atoms with Crippen molar-refractivity contribution in [3.8, 4) is 0 Å². The molecule has 1 saturated heterocycles. The molecule has 2 rings (SSSR count). The molecular weight excluding hydrogens is 230 g/mol. The number of amides is 1. The van der Waals surface area contributed by atoms with Gasteiger partial charge < -0.3 is 10.0 Å². The second-order valence-corrected chi connectivity index (χ2v) is 5.67. The Morgan fingerprint density at radius 2 is 2.22 bits per heavy atom. The minimum Gasteiger partial charge on any atom is -0.391 e. The lowest BCUT2D eigenvalue weighted by Gasteiger charge is -2.34. The first-order valence-corrected chi connectivity index (χ1v) is 6.39. The summed E-state index contributed by atoms with van der Waals surface area (Å²) in [6.45, 7) is 8.38. The zero-order valence-corrected chi connectivity index (χ0v) is 11.4. The van der Waals surface area contributed by atoms with Crippen molar-refractivity contribution in [2.75, 3.05) is 6.54 Å². The van der Waals surface area contributed by atoms with Gasteiger partial charge in [-0.25, -0.2) is 0 Å². The van der Waals surface area contributed by atoms with Crippen LogP contribution in [0.25, 0.3) is 0 Å². The third kappa shape index (κ3) is 1.92. The highest BCUT2D eigenvalue weighted by Gasteiger charge is 2.43. The summed E-state index contributed by atoms with van der Waals surface area (Å²) in [6, 6.07) is 1.89. The molecule has 0 spiro atoms. The first-order valence-electron chi connectivity index (χ1n) is 6.39. The van der Waals surface area contributed by atoms with E-state index >= 15 is 0 Å². The summed E-state index contributed by atoms with van der Waals surface area (Å²) < 4.78 is 1.73. The van der Waals surface area contributed by atoms with Gasteiger partial charge in [-0.2, -0.15) is 5.10 Å². The van der Waals surface area contributed by atoms with Gasteiger partial charge in [-0.15, -0.1) is 0 Å². The van der Waals surface area contributed by atoms with Crippen molar-refractivity contribution in [3.05, 3.63) is 18.0 Å². The van der Waals surface area contributed by atoms with Crippen molar-refractivity contribution in [2.45, 2.75) is 51.8 Å². The molecular formula is C13H21N3O2. The number of carbonyl (C=O) groups excluding carboxylic acids is 1. The van der Waals surface area contributed by atoms with Gasteiger partial charge in [-0.05, 0) is 40.2 Å². The third-order valence-electron chi connectivity index (χ3n) is 3.76. The first-order chi connectivity index (χ1) is 8.35. The van der Waals surface area contributed by atoms with Crippen molar-refractivity contribution >= 4 is 5.91 Å². The molecule has 100 valence electrons. The molecule has 1 aromatic rings. The zero-order chi connectivity index (χ0) is 13.5. The van der Waals surface area contributed by atoms with E-state index in [9.17, 15) is 9.90 Å². The lowest BCUT2D eigenvalue weighted by molar-refractivity contribution is 0.0383. The maximum Gasteiger partial charge on any atom is 0.272 e. The number of aliphatic hydroxyl groups is 1. The maximum atomic E-state index is 12.5. The molecule has 1 aromatic heterocycles. The molecule has 2 heterocycles. The number of hydrogen-bond acceptors (Lipinski definition) is 3. The lowest BCUT2D eigenvalue weighted by atomic mass is 9.98. The van der Waals surface area contributed by atoms with Gasteiger partial charge in [-0.1, -0.05) is 0 Å². The highest BCUT2D eigenvalue weighted by atomic mass is 16.3. The molecule has 0 saturated carbocycles. The van der Waals surface area contributed by atoms with Crippen molar-refractivity contribution < 1.29 is 9.90 Å². The summed E-state index contributed by atoms with van der Waals surface area (Å²) in [6.07, 6.45) is 1.82. The van der Waals surface area contributed by atoms with Crippen molar-refractivity contribution in [2.24, 2.45) is 0 Å². The number of rotatable bonds is 2. The van der Waals surface area contributed by atoms with Crippen LogP contribution in [-0.4, -0.2) is 43.9 Å². The van der Waals surface area contributed by atoms with Crippen LogP contribution in [0.3, 0.4) is 0 Å². The number of carbonyl (C=O) groups is 1. The van der Waals surface area contributed by atoms with Gasteiger partial charge in [0.25, 0.3) is 5.91 Å². The predicted octanol–water partition coefficient (Wildman–Crippen LogP) is 1.45. The Hall–Kier alpha value is -1.36. The van der Waals surface area contributed by atoms with E-state index < -0.39 is 11.6 Å². The monoisotopic (exact) mass is 251 g/mol. The Labute approximate surface area is 107 Å². The number of aromatic nitrogens is 2. The van der Waals surface area contributed by atoms with E-state index in [2.05, 4.69) is 5.10 Å². The molecule has 0 bridgehead atoms. The fraction of sp³-hybridized carbons (Fsp3) is 0.692. The van der Waals surface area contributed by atoms with Gasteiger partial charge in [0, 0.05) is 18.8 Å². The van der Waals surface area contributed by atoms with Crippen LogP contribution in [0.4, 0.5) is 0 Å². The van der Waals surface area contributed by atoms with Gasteiger partial charge in [0.1, 0.15) is 5.69 Å². The molecule has 1 aliphatic heterocycles. The molecule has 1 unspecified atom stereocenters. The zero-order valence-electron chi connectivity index (χ0n) is 11.4. The predicted molar refractivity (Wildman–Crippen MR) is 68.4 cm³/mol. The van der Waals surface area contributed by atoms with E-state index in [1.54, 1.807) is 21.8 Å². The standard InChI is InChI=1S/C13H21N3O2/c1-9(2)16-10(5-7-14-16)12(18)15-8-6-11(17)13(15,3)4/h5,7,9,11,17H,6,8H2,1-4H3. The first kappa shape index (κ1) is 13.1. The van der Waals surface area contributed by atoms with E-state index in [-0.39, 0.29) is 11.9 Å². The molecule has 0 aliphatic carbocycles. The Kier molecular flexibility index (Phi) is 3.19. The van der Waals surface area contributed by atoms with Crippen LogP contribution in [0, 0.1) is 0 Å². The van der Waals surface area contributed by atoms with Crippen molar-refractivity contribution in [1.82, 2.24) is 14.7 Å². The number of likely N-dealkylation sites (tertiary alicyclic amines) is 1. The number of aliphatic hydroxyl groups excluding tert-OH is 1. The van der Waals surface area contributed by atoms with Crippen LogP contribution < -0.4 is 0 Å². The number of nitrogens with zero attached hydrogens (tertiary/aromatic N) is 3. The van der Waals surface area contributed by atoms with Crippen LogP contribution in [0.1, 0.15) is 50.6 Å². The van der Waals surface area contributed by atoms with Crippen LogP contribution >= 0.6 is 0 Å². The molecule has 5 nitrogen and oxygen atoms in total. The van der Waals surface area contributed by atoms with Crippen LogP contribution in [0.5, 0.6) is 0 Å². The number of hydrogen-bond donors (Lipinski definition) is 1. The van der Waals surface area contributed by atoms with Crippen molar-refractivity contribution in [1.29, 1.82) is 0 Å². The fourth-order valence-corrected chi connectivity index (χ4v) is 2.47. The quantitative estimate of drug-likeness (QED) is 0.865. The second kappa shape index (κ2) is 4.39. The molecule has 18 heavy (non-hydrogen) atoms. The van der Waals surface area contributed by atoms with E-state index in [1.165, 1.54) is 0 Å². The molecule has 1 aliphatic rings. The third-order valence-corrected chi connectivity index (χ3v) is 3.76. The Bertz CT molecular complexity index is 451. The highest BCUT2D eigenvalue weighted by molar-refractivity contribution is 5.93. The summed E-state index contributed by atoms with van der Waals surface area (Å²) in [5, 5.41) is 14.1. The summed E-state index contributed by atoms with van der Waals surface area (Å²) >= 11 is 0. The summed E-state index contributed by atoms with van der Waals surface area (Å²) in [4.78, 5) is 14.3. The average molecular weight is 251 g/mol. The van der Waals surface area contributed by atoms with E-state index in [0.29, 0.717) is 18.7 Å². The normalized spacial score (nSPS) is 22.8. The molecule has 1 N–H and O–H groups in total.